The van der Waals surface area contributed by atoms with Crippen molar-refractivity contribution in [1.82, 2.24) is 24.9 Å². The molecule has 1 spiro atoms. The number of aromatic amines is 1. The van der Waals surface area contributed by atoms with Crippen molar-refractivity contribution < 1.29 is 4.74 Å². The summed E-state index contributed by atoms with van der Waals surface area (Å²) in [4.78, 5) is 24.8. The highest BCUT2D eigenvalue weighted by Gasteiger charge is 2.46. The van der Waals surface area contributed by atoms with Gasteiger partial charge >= 0.3 is 0 Å². The molecule has 1 saturated heterocycles. The largest absolute Gasteiger partial charge is 0.480 e. The Bertz CT molecular complexity index is 1320. The van der Waals surface area contributed by atoms with Crippen LogP contribution in [-0.4, -0.2) is 45.1 Å². The first-order chi connectivity index (χ1) is 16.1. The van der Waals surface area contributed by atoms with Crippen LogP contribution in [0, 0.1) is 5.41 Å². The molecule has 1 aliphatic heterocycles. The number of imidazole rings is 1. The van der Waals surface area contributed by atoms with E-state index in [0.717, 1.165) is 48.2 Å². The van der Waals surface area contributed by atoms with Crippen molar-refractivity contribution in [2.75, 3.05) is 25.1 Å². The number of ether oxygens (including phenoxy) is 1. The van der Waals surface area contributed by atoms with E-state index in [4.69, 9.17) is 20.4 Å². The second kappa shape index (κ2) is 8.00. The molecule has 8 nitrogen and oxygen atoms in total. The van der Waals surface area contributed by atoms with Crippen LogP contribution in [0.15, 0.2) is 58.7 Å². The van der Waals surface area contributed by atoms with Crippen LogP contribution >= 0.6 is 11.8 Å². The highest BCUT2D eigenvalue weighted by atomic mass is 32.2. The molecule has 0 radical (unpaired) electrons. The summed E-state index contributed by atoms with van der Waals surface area (Å²) in [6.45, 7) is 1.83. The van der Waals surface area contributed by atoms with Gasteiger partial charge in [0.25, 0.3) is 0 Å². The van der Waals surface area contributed by atoms with Gasteiger partial charge in [0.15, 0.2) is 11.3 Å². The fourth-order valence-electron chi connectivity index (χ4n) is 5.15. The van der Waals surface area contributed by atoms with Gasteiger partial charge < -0.3 is 20.4 Å². The van der Waals surface area contributed by atoms with Gasteiger partial charge in [-0.25, -0.2) is 15.0 Å². The third-order valence-corrected chi connectivity index (χ3v) is 7.91. The van der Waals surface area contributed by atoms with Crippen LogP contribution in [0.25, 0.3) is 11.3 Å². The predicted octanol–water partition coefficient (Wildman–Crippen LogP) is 3.75. The third kappa shape index (κ3) is 3.52. The zero-order valence-corrected chi connectivity index (χ0v) is 19.2. The topological polar surface area (TPSA) is 106 Å². The lowest BCUT2D eigenvalue weighted by molar-refractivity contribution is 0.187. The number of piperidine rings is 1. The fraction of sp³-hybridized carbons (Fsp3) is 0.333. The number of H-pyrrole nitrogens is 1. The fourth-order valence-corrected chi connectivity index (χ4v) is 5.98. The van der Waals surface area contributed by atoms with E-state index < -0.39 is 0 Å². The Labute approximate surface area is 196 Å². The Kier molecular flexibility index (Phi) is 4.95. The number of nitrogens with one attached hydrogen (secondary N) is 1. The van der Waals surface area contributed by atoms with Crippen LogP contribution in [0.3, 0.4) is 0 Å². The summed E-state index contributed by atoms with van der Waals surface area (Å²) in [7, 11) is 1.61. The number of benzene rings is 1. The van der Waals surface area contributed by atoms with Gasteiger partial charge in [-0.3, -0.25) is 0 Å². The first-order valence-corrected chi connectivity index (χ1v) is 11.9. The van der Waals surface area contributed by atoms with Crippen LogP contribution in [0.5, 0.6) is 5.88 Å². The Morgan fingerprint density at radius 2 is 1.97 bits per heavy atom. The van der Waals surface area contributed by atoms with Gasteiger partial charge in [0.2, 0.25) is 11.8 Å². The van der Waals surface area contributed by atoms with Gasteiger partial charge in [-0.2, -0.15) is 4.98 Å². The van der Waals surface area contributed by atoms with Crippen LogP contribution < -0.4 is 15.4 Å². The molecule has 168 valence electrons. The van der Waals surface area contributed by atoms with E-state index in [0.29, 0.717) is 17.2 Å². The number of rotatable bonds is 4. The summed E-state index contributed by atoms with van der Waals surface area (Å²) in [6.07, 6.45) is 6.62. The van der Waals surface area contributed by atoms with Crippen LogP contribution in [-0.2, 0) is 6.42 Å². The third-order valence-electron chi connectivity index (χ3n) is 6.97. The number of pyridine rings is 1. The zero-order valence-electron chi connectivity index (χ0n) is 18.4. The zero-order chi connectivity index (χ0) is 22.4. The molecule has 9 heteroatoms. The first-order valence-electron chi connectivity index (χ1n) is 11.1. The lowest BCUT2D eigenvalue weighted by Gasteiger charge is -2.42. The molecule has 4 aromatic rings. The highest BCUT2D eigenvalue weighted by Crippen LogP contribution is 2.50. The highest BCUT2D eigenvalue weighted by molar-refractivity contribution is 7.99. The molecule has 1 aliphatic carbocycles. The van der Waals surface area contributed by atoms with Gasteiger partial charge in [0.1, 0.15) is 5.03 Å². The van der Waals surface area contributed by atoms with Gasteiger partial charge in [0, 0.05) is 25.3 Å². The molecule has 0 amide bonds. The number of aromatic nitrogens is 5. The van der Waals surface area contributed by atoms with E-state index in [9.17, 15) is 0 Å². The summed E-state index contributed by atoms with van der Waals surface area (Å²) in [6, 6.07) is 12.6. The molecule has 1 atom stereocenters. The van der Waals surface area contributed by atoms with Crippen molar-refractivity contribution in [1.29, 1.82) is 0 Å². The molecule has 0 bridgehead atoms. The SMILES string of the molecule is COc1ncccc1Sc1cnc2[nH]c(N3CCC4(CC3)Cc3ccccc3[C@H]4N)nc2n1. The minimum Gasteiger partial charge on any atom is -0.480 e. The number of fused-ring (bicyclic) bond motifs is 2. The standard InChI is InChI=1S/C24H25N7OS/c1-32-22-17(7-4-10-26-22)33-18-14-27-20-21(28-18)30-23(29-20)31-11-8-24(9-12-31)13-15-5-2-3-6-16(15)19(24)25/h2-7,10,14,19H,8-9,11-13,25H2,1H3,(H,27,28,29,30)/t19-/m1/s1. The Morgan fingerprint density at radius 3 is 2.79 bits per heavy atom. The number of hydrogen-bond donors (Lipinski definition) is 2. The van der Waals surface area contributed by atoms with E-state index in [1.807, 2.05) is 12.1 Å². The minimum atomic E-state index is 0.110. The van der Waals surface area contributed by atoms with Crippen LogP contribution in [0.2, 0.25) is 0 Å². The van der Waals surface area contributed by atoms with Crippen molar-refractivity contribution in [3.63, 3.8) is 0 Å². The molecule has 4 heterocycles. The summed E-state index contributed by atoms with van der Waals surface area (Å²) < 4.78 is 5.34. The Hall–Kier alpha value is -3.17. The molecule has 3 N–H and O–H groups in total. The number of nitrogens with two attached hydrogens (primary N) is 1. The van der Waals surface area contributed by atoms with E-state index >= 15 is 0 Å². The molecule has 1 fully saturated rings. The predicted molar refractivity (Wildman–Crippen MR) is 128 cm³/mol. The van der Waals surface area contributed by atoms with Crippen molar-refractivity contribution in [3.8, 4) is 5.88 Å². The molecule has 6 rings (SSSR count). The maximum Gasteiger partial charge on any atom is 0.227 e. The monoisotopic (exact) mass is 459 g/mol. The molecular formula is C24H25N7OS. The van der Waals surface area contributed by atoms with Gasteiger partial charge in [-0.05, 0) is 47.9 Å². The summed E-state index contributed by atoms with van der Waals surface area (Å²) in [5.74, 6) is 1.40. The summed E-state index contributed by atoms with van der Waals surface area (Å²) in [5, 5.41) is 0.749. The second-order valence-corrected chi connectivity index (χ2v) is 9.82. The van der Waals surface area contributed by atoms with Crippen molar-refractivity contribution in [2.45, 2.75) is 35.2 Å². The maximum atomic E-state index is 6.72. The number of hydrogen-bond acceptors (Lipinski definition) is 8. The summed E-state index contributed by atoms with van der Waals surface area (Å²) in [5.41, 5.74) is 10.9. The normalized spacial score (nSPS) is 19.2. The maximum absolute atomic E-state index is 6.72. The number of anilines is 1. The number of methoxy groups -OCH3 is 1. The quantitative estimate of drug-likeness (QED) is 0.475. The van der Waals surface area contributed by atoms with E-state index in [1.54, 1.807) is 19.5 Å². The minimum absolute atomic E-state index is 0.110. The van der Waals surface area contributed by atoms with Gasteiger partial charge in [-0.15, -0.1) is 0 Å². The van der Waals surface area contributed by atoms with Crippen LogP contribution in [0.1, 0.15) is 30.0 Å². The first kappa shape index (κ1) is 20.4. The molecule has 0 unspecified atom stereocenters. The molecule has 3 aromatic heterocycles. The van der Waals surface area contributed by atoms with Crippen molar-refractivity contribution in [3.05, 3.63) is 59.9 Å². The smallest absolute Gasteiger partial charge is 0.227 e. The van der Waals surface area contributed by atoms with Crippen molar-refractivity contribution in [2.24, 2.45) is 11.1 Å². The Morgan fingerprint density at radius 1 is 1.12 bits per heavy atom. The Balaban J connectivity index is 1.19. The van der Waals surface area contributed by atoms with E-state index in [-0.39, 0.29) is 11.5 Å². The van der Waals surface area contributed by atoms with E-state index in [2.05, 4.69) is 44.1 Å². The lowest BCUT2D eigenvalue weighted by Crippen LogP contribution is -2.44. The second-order valence-electron chi connectivity index (χ2n) is 8.76. The van der Waals surface area contributed by atoms with Crippen molar-refractivity contribution >= 4 is 29.0 Å². The molecule has 2 aliphatic rings. The van der Waals surface area contributed by atoms with Gasteiger partial charge in [-0.1, -0.05) is 36.0 Å². The molecule has 1 aromatic carbocycles. The lowest BCUT2D eigenvalue weighted by atomic mass is 9.73. The van der Waals surface area contributed by atoms with E-state index in [1.165, 1.54) is 22.9 Å². The molecular weight excluding hydrogens is 434 g/mol. The average Bonchev–Trinajstić information content (AvgIpc) is 3.39. The molecule has 33 heavy (non-hydrogen) atoms. The van der Waals surface area contributed by atoms with Crippen LogP contribution in [0.4, 0.5) is 5.95 Å². The molecule has 0 saturated carbocycles. The number of nitrogens with zero attached hydrogens (tertiary/aromatic N) is 5. The average molecular weight is 460 g/mol. The summed E-state index contributed by atoms with van der Waals surface area (Å²) >= 11 is 1.46. The van der Waals surface area contributed by atoms with Gasteiger partial charge in [0.05, 0.1) is 18.2 Å².